The van der Waals surface area contributed by atoms with Gasteiger partial charge >= 0.3 is 6.09 Å². The average molecular weight is 614 g/mol. The van der Waals surface area contributed by atoms with Crippen molar-refractivity contribution >= 4 is 23.5 Å². The van der Waals surface area contributed by atoms with Crippen LogP contribution >= 0.6 is 0 Å². The van der Waals surface area contributed by atoms with Crippen LogP contribution in [0.4, 0.5) is 16.3 Å². The predicted octanol–water partition coefficient (Wildman–Crippen LogP) is 6.75. The van der Waals surface area contributed by atoms with Gasteiger partial charge in [-0.25, -0.2) is 9.78 Å². The summed E-state index contributed by atoms with van der Waals surface area (Å²) in [7, 11) is 7.20. The van der Waals surface area contributed by atoms with Crippen LogP contribution in [0.5, 0.6) is 5.75 Å². The van der Waals surface area contributed by atoms with Gasteiger partial charge < -0.3 is 24.6 Å². The van der Waals surface area contributed by atoms with Gasteiger partial charge in [0.05, 0.1) is 12.8 Å². The van der Waals surface area contributed by atoms with Gasteiger partial charge in [-0.05, 0) is 106 Å². The molecule has 2 aliphatic rings. The zero-order valence-electron chi connectivity index (χ0n) is 27.3. The number of aromatic nitrogens is 2. The van der Waals surface area contributed by atoms with E-state index >= 15 is 0 Å². The van der Waals surface area contributed by atoms with E-state index in [1.807, 2.05) is 55.2 Å². The summed E-state index contributed by atoms with van der Waals surface area (Å²) in [4.78, 5) is 39.5. The molecule has 240 valence electrons. The molecule has 2 fully saturated rings. The lowest BCUT2D eigenvalue weighted by Gasteiger charge is -2.36. The van der Waals surface area contributed by atoms with E-state index in [1.165, 1.54) is 0 Å². The SMILES string of the molecule is CNC(=O)O[C@H]1CC[C@H](C(=O)N(C[C@H]2CC[C@H](c3ccc(OC)c(C)n3)CC2)c2cccc(-c3ccc(N(C)C)nc3)c2)CC1. The highest BCUT2D eigenvalue weighted by atomic mass is 16.6. The summed E-state index contributed by atoms with van der Waals surface area (Å²) >= 11 is 0. The first kappa shape index (κ1) is 32.3. The van der Waals surface area contributed by atoms with Crippen molar-refractivity contribution in [3.63, 3.8) is 0 Å². The van der Waals surface area contributed by atoms with Crippen LogP contribution in [-0.2, 0) is 9.53 Å². The molecule has 0 saturated heterocycles. The number of carbonyl (C=O) groups is 2. The quantitative estimate of drug-likeness (QED) is 0.285. The van der Waals surface area contributed by atoms with E-state index in [9.17, 15) is 9.59 Å². The van der Waals surface area contributed by atoms with E-state index < -0.39 is 6.09 Å². The number of benzene rings is 1. The Hall–Kier alpha value is -4.14. The lowest BCUT2D eigenvalue weighted by Crippen LogP contribution is -2.42. The van der Waals surface area contributed by atoms with Crippen molar-refractivity contribution in [2.75, 3.05) is 44.6 Å². The fraction of sp³-hybridized carbons (Fsp3) is 0.500. The van der Waals surface area contributed by atoms with Crippen LogP contribution in [-0.4, -0.2) is 62.9 Å². The molecule has 9 nitrogen and oxygen atoms in total. The van der Waals surface area contributed by atoms with Crippen molar-refractivity contribution in [3.05, 3.63) is 66.1 Å². The van der Waals surface area contributed by atoms with Crippen molar-refractivity contribution in [1.82, 2.24) is 15.3 Å². The standard InChI is InChI=1S/C36H47N5O4/c1-24-33(44-5)19-18-32(39-24)26-11-9-25(10-12-26)23-41(35(42)27-13-16-31(17-14-27)45-36(43)37-2)30-8-6-7-28(21-30)29-15-20-34(38-22-29)40(3)4/h6-8,15,18-22,25-27,31H,9-14,16-17,23H2,1-5H3,(H,37,43)/t25-,26-,27-,31-. The van der Waals surface area contributed by atoms with Gasteiger partial charge in [-0.3, -0.25) is 9.78 Å². The van der Waals surface area contributed by atoms with Crippen LogP contribution in [0.25, 0.3) is 11.1 Å². The number of amides is 2. The Bertz CT molecular complexity index is 1440. The lowest BCUT2D eigenvalue weighted by atomic mass is 9.79. The van der Waals surface area contributed by atoms with Crippen molar-refractivity contribution in [2.24, 2.45) is 11.8 Å². The van der Waals surface area contributed by atoms with Crippen LogP contribution < -0.4 is 19.9 Å². The number of pyridine rings is 2. The van der Waals surface area contributed by atoms with Crippen LogP contribution in [0.2, 0.25) is 0 Å². The summed E-state index contributed by atoms with van der Waals surface area (Å²) in [5.74, 6) is 2.62. The number of aryl methyl sites for hydroxylation is 1. The maximum absolute atomic E-state index is 14.3. The molecule has 0 spiro atoms. The number of ether oxygens (including phenoxy) is 2. The Labute approximate surface area is 267 Å². The highest BCUT2D eigenvalue weighted by Gasteiger charge is 2.34. The zero-order chi connectivity index (χ0) is 31.9. The Kier molecular flexibility index (Phi) is 10.6. The van der Waals surface area contributed by atoms with Gasteiger partial charge in [0.25, 0.3) is 0 Å². The second-order valence-electron chi connectivity index (χ2n) is 12.7. The number of rotatable bonds is 9. The lowest BCUT2D eigenvalue weighted by molar-refractivity contribution is -0.124. The molecule has 45 heavy (non-hydrogen) atoms. The molecule has 1 N–H and O–H groups in total. The Balaban J connectivity index is 1.32. The average Bonchev–Trinajstić information content (AvgIpc) is 3.07. The summed E-state index contributed by atoms with van der Waals surface area (Å²) in [6, 6.07) is 16.5. The minimum Gasteiger partial charge on any atom is -0.495 e. The van der Waals surface area contributed by atoms with E-state index in [0.29, 0.717) is 44.1 Å². The molecule has 5 rings (SSSR count). The van der Waals surface area contributed by atoms with E-state index in [4.69, 9.17) is 14.5 Å². The van der Waals surface area contributed by atoms with Gasteiger partial charge in [-0.2, -0.15) is 0 Å². The first-order chi connectivity index (χ1) is 21.7. The number of alkyl carbamates (subject to hydrolysis) is 1. The fourth-order valence-electron chi connectivity index (χ4n) is 6.77. The molecule has 2 amide bonds. The summed E-state index contributed by atoms with van der Waals surface area (Å²) in [5, 5.41) is 2.53. The molecule has 2 aliphatic carbocycles. The third-order valence-electron chi connectivity index (χ3n) is 9.45. The number of nitrogens with zero attached hydrogens (tertiary/aromatic N) is 4. The van der Waals surface area contributed by atoms with Crippen LogP contribution in [0.15, 0.2) is 54.7 Å². The van der Waals surface area contributed by atoms with E-state index in [-0.39, 0.29) is 17.9 Å². The first-order valence-corrected chi connectivity index (χ1v) is 16.2. The molecule has 2 aromatic heterocycles. The van der Waals surface area contributed by atoms with Crippen molar-refractivity contribution in [3.8, 4) is 16.9 Å². The van der Waals surface area contributed by atoms with Gasteiger partial charge in [0, 0.05) is 62.7 Å². The highest BCUT2D eigenvalue weighted by molar-refractivity contribution is 5.95. The van der Waals surface area contributed by atoms with Crippen molar-refractivity contribution < 1.29 is 19.1 Å². The van der Waals surface area contributed by atoms with Crippen molar-refractivity contribution in [2.45, 2.75) is 70.3 Å². The largest absolute Gasteiger partial charge is 0.495 e. The molecule has 0 aliphatic heterocycles. The van der Waals surface area contributed by atoms with Gasteiger partial charge in [-0.1, -0.05) is 12.1 Å². The fourth-order valence-corrected chi connectivity index (χ4v) is 6.77. The third-order valence-corrected chi connectivity index (χ3v) is 9.45. The minimum absolute atomic E-state index is 0.0953. The molecule has 9 heteroatoms. The maximum Gasteiger partial charge on any atom is 0.407 e. The molecule has 0 bridgehead atoms. The first-order valence-electron chi connectivity index (χ1n) is 16.2. The second-order valence-corrected chi connectivity index (χ2v) is 12.7. The molecule has 1 aromatic carbocycles. The third kappa shape index (κ3) is 7.93. The topological polar surface area (TPSA) is 96.9 Å². The second kappa shape index (κ2) is 14.8. The van der Waals surface area contributed by atoms with Gasteiger partial charge in [-0.15, -0.1) is 0 Å². The van der Waals surface area contributed by atoms with Crippen LogP contribution in [0.3, 0.4) is 0 Å². The molecule has 0 radical (unpaired) electrons. The van der Waals surface area contributed by atoms with Gasteiger partial charge in [0.1, 0.15) is 17.7 Å². The summed E-state index contributed by atoms with van der Waals surface area (Å²) in [6.07, 6.45) is 8.35. The van der Waals surface area contributed by atoms with Crippen LogP contribution in [0.1, 0.15) is 68.7 Å². The van der Waals surface area contributed by atoms with E-state index in [2.05, 4.69) is 40.6 Å². The minimum atomic E-state index is -0.410. The van der Waals surface area contributed by atoms with E-state index in [1.54, 1.807) is 14.2 Å². The smallest absolute Gasteiger partial charge is 0.407 e. The Morgan fingerprint density at radius 2 is 1.69 bits per heavy atom. The maximum atomic E-state index is 14.3. The normalized spacial score (nSPS) is 21.4. The number of methoxy groups -OCH3 is 1. The molecule has 2 saturated carbocycles. The molecule has 0 unspecified atom stereocenters. The summed E-state index contributed by atoms with van der Waals surface area (Å²) < 4.78 is 10.9. The van der Waals surface area contributed by atoms with Crippen molar-refractivity contribution in [1.29, 1.82) is 0 Å². The number of anilines is 2. The molecular weight excluding hydrogens is 566 g/mol. The van der Waals surface area contributed by atoms with E-state index in [0.717, 1.165) is 65.5 Å². The molecule has 0 atom stereocenters. The molecule has 3 aromatic rings. The predicted molar refractivity (Wildman–Crippen MR) is 178 cm³/mol. The molecule has 2 heterocycles. The summed E-state index contributed by atoms with van der Waals surface area (Å²) in [5.41, 5.74) is 5.04. The molecular formula is C36H47N5O4. The van der Waals surface area contributed by atoms with Gasteiger partial charge in [0.2, 0.25) is 5.91 Å². The number of nitrogens with one attached hydrogen (secondary N) is 1. The highest BCUT2D eigenvalue weighted by Crippen LogP contribution is 2.38. The Morgan fingerprint density at radius 1 is 0.933 bits per heavy atom. The number of hydrogen-bond donors (Lipinski definition) is 1. The Morgan fingerprint density at radius 3 is 2.31 bits per heavy atom. The zero-order valence-corrected chi connectivity index (χ0v) is 27.3. The number of carbonyl (C=O) groups excluding carboxylic acids is 2. The summed E-state index contributed by atoms with van der Waals surface area (Å²) in [6.45, 7) is 2.69. The van der Waals surface area contributed by atoms with Crippen LogP contribution in [0, 0.1) is 18.8 Å². The van der Waals surface area contributed by atoms with Gasteiger partial charge in [0.15, 0.2) is 0 Å². The monoisotopic (exact) mass is 613 g/mol. The number of hydrogen-bond acceptors (Lipinski definition) is 7.